The van der Waals surface area contributed by atoms with E-state index in [2.05, 4.69) is 10.6 Å². The van der Waals surface area contributed by atoms with Gasteiger partial charge in [0.05, 0.1) is 28.0 Å². The van der Waals surface area contributed by atoms with Crippen molar-refractivity contribution >= 4 is 39.8 Å². The number of furan rings is 1. The monoisotopic (exact) mass is 472 g/mol. The number of non-ortho nitro benzene ring substituents is 1. The summed E-state index contributed by atoms with van der Waals surface area (Å²) >= 11 is 0. The molecule has 4 rings (SSSR count). The second-order valence-electron chi connectivity index (χ2n) is 7.22. The van der Waals surface area contributed by atoms with Crippen molar-refractivity contribution in [2.45, 2.75) is 12.7 Å². The van der Waals surface area contributed by atoms with Crippen LogP contribution in [0.15, 0.2) is 71.7 Å². The van der Waals surface area contributed by atoms with Crippen LogP contribution in [-0.2, 0) is 17.5 Å². The number of alkyl halides is 3. The van der Waals surface area contributed by atoms with Gasteiger partial charge in [0.15, 0.2) is 0 Å². The van der Waals surface area contributed by atoms with Gasteiger partial charge < -0.3 is 19.6 Å². The van der Waals surface area contributed by atoms with E-state index in [4.69, 9.17) is 4.42 Å². The molecule has 4 aromatic rings. The van der Waals surface area contributed by atoms with Crippen LogP contribution in [0.25, 0.3) is 10.9 Å². The summed E-state index contributed by atoms with van der Waals surface area (Å²) in [7, 11) is 0. The third-order valence-corrected chi connectivity index (χ3v) is 4.92. The van der Waals surface area contributed by atoms with Gasteiger partial charge >= 0.3 is 6.18 Å². The number of nitrogens with zero attached hydrogens (tertiary/aromatic N) is 2. The van der Waals surface area contributed by atoms with Gasteiger partial charge in [-0.2, -0.15) is 13.2 Å². The van der Waals surface area contributed by atoms with Crippen LogP contribution in [-0.4, -0.2) is 21.3 Å². The lowest BCUT2D eigenvalue weighted by molar-refractivity contribution is -0.384. The van der Waals surface area contributed by atoms with Gasteiger partial charge in [-0.15, -0.1) is 0 Å². The maximum atomic E-state index is 13.6. The Kier molecular flexibility index (Phi) is 5.80. The molecule has 0 fully saturated rings. The molecule has 12 heteroatoms. The Bertz CT molecular complexity index is 1390. The van der Waals surface area contributed by atoms with Gasteiger partial charge in [0.25, 0.3) is 11.6 Å². The van der Waals surface area contributed by atoms with E-state index >= 15 is 0 Å². The average Bonchev–Trinajstić information content (AvgIpc) is 3.44. The van der Waals surface area contributed by atoms with Crippen molar-refractivity contribution in [2.75, 3.05) is 10.6 Å². The van der Waals surface area contributed by atoms with Gasteiger partial charge in [0.1, 0.15) is 12.8 Å². The van der Waals surface area contributed by atoms with Crippen molar-refractivity contribution < 1.29 is 32.1 Å². The molecule has 34 heavy (non-hydrogen) atoms. The third kappa shape index (κ3) is 4.75. The Morgan fingerprint density at radius 1 is 1.06 bits per heavy atom. The second-order valence-corrected chi connectivity index (χ2v) is 7.22. The fraction of sp³-hybridized carbons (Fsp3) is 0.0909. The number of hydrogen-bond acceptors (Lipinski definition) is 5. The van der Waals surface area contributed by atoms with E-state index in [0.717, 1.165) is 18.4 Å². The molecule has 0 aliphatic heterocycles. The fourth-order valence-electron chi connectivity index (χ4n) is 3.35. The second kappa shape index (κ2) is 8.73. The molecule has 174 valence electrons. The number of carbonyl (C=O) groups is 2. The van der Waals surface area contributed by atoms with Crippen LogP contribution >= 0.6 is 0 Å². The van der Waals surface area contributed by atoms with Gasteiger partial charge in [0.2, 0.25) is 5.91 Å². The summed E-state index contributed by atoms with van der Waals surface area (Å²) in [6.07, 6.45) is -0.896. The molecule has 2 heterocycles. The zero-order valence-corrected chi connectivity index (χ0v) is 17.1. The number of anilines is 2. The molecule has 2 amide bonds. The molecule has 2 aromatic carbocycles. The molecule has 0 aliphatic rings. The topological polar surface area (TPSA) is 119 Å². The zero-order chi connectivity index (χ0) is 24.5. The Balaban J connectivity index is 1.53. The highest BCUT2D eigenvalue weighted by atomic mass is 19.4. The SMILES string of the molecule is O=C(Cn1ccc2cc([N+](=O)[O-])ccc21)Nc1ccc(NC(=O)c2ccoc2)cc1C(F)(F)F. The summed E-state index contributed by atoms with van der Waals surface area (Å²) in [4.78, 5) is 34.9. The molecule has 0 unspecified atom stereocenters. The number of amides is 2. The maximum absolute atomic E-state index is 13.6. The van der Waals surface area contributed by atoms with E-state index < -0.39 is 34.2 Å². The van der Waals surface area contributed by atoms with Crippen LogP contribution in [0.3, 0.4) is 0 Å². The number of fused-ring (bicyclic) bond motifs is 1. The number of halogens is 3. The fourth-order valence-corrected chi connectivity index (χ4v) is 3.35. The first-order valence-electron chi connectivity index (χ1n) is 9.70. The molecule has 0 aliphatic carbocycles. The van der Waals surface area contributed by atoms with E-state index in [-0.39, 0.29) is 23.5 Å². The number of hydrogen-bond donors (Lipinski definition) is 2. The number of nitro groups is 1. The van der Waals surface area contributed by atoms with Crippen LogP contribution in [0.5, 0.6) is 0 Å². The van der Waals surface area contributed by atoms with Gasteiger partial charge in [-0.25, -0.2) is 0 Å². The number of nitro benzene ring substituents is 1. The summed E-state index contributed by atoms with van der Waals surface area (Å²) in [6, 6.07) is 9.98. The van der Waals surface area contributed by atoms with E-state index in [0.29, 0.717) is 10.9 Å². The molecule has 2 aromatic heterocycles. The minimum absolute atomic E-state index is 0.116. The normalized spacial score (nSPS) is 11.4. The average molecular weight is 472 g/mol. The highest BCUT2D eigenvalue weighted by Crippen LogP contribution is 2.37. The number of carbonyl (C=O) groups excluding carboxylic acids is 2. The van der Waals surface area contributed by atoms with E-state index in [1.54, 1.807) is 6.07 Å². The Morgan fingerprint density at radius 2 is 1.85 bits per heavy atom. The summed E-state index contributed by atoms with van der Waals surface area (Å²) in [5.41, 5.74) is -1.21. The third-order valence-electron chi connectivity index (χ3n) is 4.92. The molecule has 9 nitrogen and oxygen atoms in total. The summed E-state index contributed by atoms with van der Waals surface area (Å²) in [6.45, 7) is -0.322. The van der Waals surface area contributed by atoms with Crippen molar-refractivity contribution in [3.05, 3.63) is 88.5 Å². The number of nitrogens with one attached hydrogen (secondary N) is 2. The molecular formula is C22H15F3N4O5. The van der Waals surface area contributed by atoms with Crippen molar-refractivity contribution in [1.29, 1.82) is 0 Å². The van der Waals surface area contributed by atoms with Gasteiger partial charge in [-0.05, 0) is 36.4 Å². The van der Waals surface area contributed by atoms with Crippen molar-refractivity contribution in [2.24, 2.45) is 0 Å². The van der Waals surface area contributed by atoms with Gasteiger partial charge in [-0.3, -0.25) is 19.7 Å². The van der Waals surface area contributed by atoms with E-state index in [1.807, 2.05) is 0 Å². The number of benzene rings is 2. The smallest absolute Gasteiger partial charge is 0.418 e. The lowest BCUT2D eigenvalue weighted by Gasteiger charge is -2.16. The lowest BCUT2D eigenvalue weighted by Crippen LogP contribution is -2.21. The molecule has 0 atom stereocenters. The number of aromatic nitrogens is 1. The summed E-state index contributed by atoms with van der Waals surface area (Å²) in [5.74, 6) is -1.39. The van der Waals surface area contributed by atoms with E-state index in [9.17, 15) is 32.9 Å². The first-order chi connectivity index (χ1) is 16.1. The Morgan fingerprint density at radius 3 is 2.53 bits per heavy atom. The van der Waals surface area contributed by atoms with Crippen LogP contribution in [0, 0.1) is 10.1 Å². The molecule has 2 N–H and O–H groups in total. The molecular weight excluding hydrogens is 457 g/mol. The molecule has 0 radical (unpaired) electrons. The van der Waals surface area contributed by atoms with Crippen LogP contribution < -0.4 is 10.6 Å². The molecule has 0 spiro atoms. The highest BCUT2D eigenvalue weighted by molar-refractivity contribution is 6.04. The lowest BCUT2D eigenvalue weighted by atomic mass is 10.1. The van der Waals surface area contributed by atoms with Crippen molar-refractivity contribution in [1.82, 2.24) is 4.57 Å². The Hall–Kier alpha value is -4.61. The number of rotatable bonds is 6. The predicted octanol–water partition coefficient (Wildman–Crippen LogP) is 5.05. The van der Waals surface area contributed by atoms with Crippen molar-refractivity contribution in [3.8, 4) is 0 Å². The quantitative estimate of drug-likeness (QED) is 0.301. The molecule has 0 bridgehead atoms. The van der Waals surface area contributed by atoms with Gasteiger partial charge in [0, 0.05) is 34.9 Å². The predicted molar refractivity (Wildman–Crippen MR) is 115 cm³/mol. The van der Waals surface area contributed by atoms with Crippen LogP contribution in [0.2, 0.25) is 0 Å². The zero-order valence-electron chi connectivity index (χ0n) is 17.1. The first kappa shape index (κ1) is 22.6. The molecule has 0 saturated carbocycles. The van der Waals surface area contributed by atoms with Gasteiger partial charge in [-0.1, -0.05) is 0 Å². The standard InChI is InChI=1S/C22H15F3N4O5/c23-22(24,25)17-10-15(26-21(31)14-6-8-34-12-14)1-3-18(17)27-20(30)11-28-7-5-13-9-16(29(32)33)2-4-19(13)28/h1-10,12H,11H2,(H,26,31)(H,27,30). The van der Waals surface area contributed by atoms with Crippen molar-refractivity contribution in [3.63, 3.8) is 0 Å². The minimum Gasteiger partial charge on any atom is -0.472 e. The van der Waals surface area contributed by atoms with E-state index in [1.165, 1.54) is 47.4 Å². The minimum atomic E-state index is -4.81. The Labute approximate surface area is 188 Å². The maximum Gasteiger partial charge on any atom is 0.418 e. The largest absolute Gasteiger partial charge is 0.472 e. The summed E-state index contributed by atoms with van der Waals surface area (Å²) < 4.78 is 47.2. The summed E-state index contributed by atoms with van der Waals surface area (Å²) in [5, 5.41) is 16.0. The van der Waals surface area contributed by atoms with Crippen LogP contribution in [0.1, 0.15) is 15.9 Å². The van der Waals surface area contributed by atoms with Crippen LogP contribution in [0.4, 0.5) is 30.2 Å². The highest BCUT2D eigenvalue weighted by Gasteiger charge is 2.34. The first-order valence-corrected chi connectivity index (χ1v) is 9.70. The molecule has 0 saturated heterocycles.